The van der Waals surface area contributed by atoms with Crippen LogP contribution in [0.25, 0.3) is 0 Å². The standard InChI is InChI=1S/C15H17NOS/c1-2-18-14-7-5-13(6-8-14)15(17)9-12-16-10-3-4-11-16/h5-8H,2-4,10-11H2,1H3. The monoisotopic (exact) mass is 259 g/mol. The first kappa shape index (κ1) is 13.0. The number of hydrogen-bond donors (Lipinski definition) is 0. The number of hydrogen-bond acceptors (Lipinski definition) is 3. The third-order valence-corrected chi connectivity index (χ3v) is 3.76. The van der Waals surface area contributed by atoms with E-state index >= 15 is 0 Å². The van der Waals surface area contributed by atoms with Gasteiger partial charge in [0.15, 0.2) is 0 Å². The average molecular weight is 259 g/mol. The molecule has 0 atom stereocenters. The minimum atomic E-state index is -0.0880. The zero-order valence-electron chi connectivity index (χ0n) is 10.6. The molecule has 0 N–H and O–H groups in total. The lowest BCUT2D eigenvalue weighted by atomic mass is 10.1. The molecule has 0 aliphatic carbocycles. The van der Waals surface area contributed by atoms with Crippen LogP contribution >= 0.6 is 11.8 Å². The van der Waals surface area contributed by atoms with Crippen molar-refractivity contribution in [3.05, 3.63) is 29.8 Å². The molecular formula is C15H17NOS. The largest absolute Gasteiger partial charge is 0.332 e. The second-order valence-electron chi connectivity index (χ2n) is 4.22. The molecule has 1 heterocycles. The second-order valence-corrected chi connectivity index (χ2v) is 5.55. The average Bonchev–Trinajstić information content (AvgIpc) is 2.90. The highest BCUT2D eigenvalue weighted by atomic mass is 32.2. The molecule has 0 aromatic heterocycles. The van der Waals surface area contributed by atoms with Gasteiger partial charge < -0.3 is 4.90 Å². The molecule has 2 rings (SSSR count). The quantitative estimate of drug-likeness (QED) is 0.473. The van der Waals surface area contributed by atoms with Gasteiger partial charge in [-0.15, -0.1) is 11.8 Å². The maximum absolute atomic E-state index is 11.9. The number of Topliss-reactive ketones (excluding diaryl/α,β-unsaturated/α-hetero) is 1. The van der Waals surface area contributed by atoms with E-state index < -0.39 is 0 Å². The van der Waals surface area contributed by atoms with E-state index in [0.29, 0.717) is 5.56 Å². The van der Waals surface area contributed by atoms with Crippen LogP contribution < -0.4 is 0 Å². The zero-order valence-corrected chi connectivity index (χ0v) is 11.4. The van der Waals surface area contributed by atoms with Gasteiger partial charge in [0.25, 0.3) is 0 Å². The Morgan fingerprint density at radius 2 is 1.94 bits per heavy atom. The maximum atomic E-state index is 11.9. The molecule has 1 aromatic rings. The Labute approximate surface area is 113 Å². The van der Waals surface area contributed by atoms with Crippen molar-refractivity contribution in [2.75, 3.05) is 18.8 Å². The Morgan fingerprint density at radius 3 is 2.56 bits per heavy atom. The second kappa shape index (κ2) is 6.51. The lowest BCUT2D eigenvalue weighted by Crippen LogP contribution is -2.12. The highest BCUT2D eigenvalue weighted by molar-refractivity contribution is 7.99. The molecule has 18 heavy (non-hydrogen) atoms. The van der Waals surface area contributed by atoms with Crippen LogP contribution in [0.3, 0.4) is 0 Å². The van der Waals surface area contributed by atoms with Gasteiger partial charge in [0.2, 0.25) is 5.78 Å². The van der Waals surface area contributed by atoms with Crippen LogP contribution in [-0.2, 0) is 0 Å². The molecule has 1 saturated heterocycles. The molecule has 1 aromatic carbocycles. The van der Waals surface area contributed by atoms with E-state index in [-0.39, 0.29) is 5.78 Å². The summed E-state index contributed by atoms with van der Waals surface area (Å²) in [7, 11) is 0. The third kappa shape index (κ3) is 3.54. The number of carbonyl (C=O) groups is 1. The first-order chi connectivity index (χ1) is 8.79. The highest BCUT2D eigenvalue weighted by Crippen LogP contribution is 2.17. The van der Waals surface area contributed by atoms with Crippen LogP contribution in [0.15, 0.2) is 29.2 Å². The lowest BCUT2D eigenvalue weighted by molar-refractivity contribution is 0.105. The van der Waals surface area contributed by atoms with Gasteiger partial charge >= 0.3 is 0 Å². The van der Waals surface area contributed by atoms with Gasteiger partial charge in [-0.3, -0.25) is 4.79 Å². The minimum Gasteiger partial charge on any atom is -0.332 e. The summed E-state index contributed by atoms with van der Waals surface area (Å²) in [5, 5.41) is 0. The number of thioether (sulfide) groups is 1. The summed E-state index contributed by atoms with van der Waals surface area (Å²) in [5.41, 5.74) is 0.683. The molecule has 1 aliphatic heterocycles. The Morgan fingerprint density at radius 1 is 1.28 bits per heavy atom. The summed E-state index contributed by atoms with van der Waals surface area (Å²) >= 11 is 1.77. The van der Waals surface area contributed by atoms with Crippen molar-refractivity contribution in [1.82, 2.24) is 4.90 Å². The summed E-state index contributed by atoms with van der Waals surface area (Å²) in [6.07, 6.45) is 2.37. The summed E-state index contributed by atoms with van der Waals surface area (Å²) in [5.74, 6) is 3.68. The van der Waals surface area contributed by atoms with Crippen molar-refractivity contribution in [1.29, 1.82) is 0 Å². The zero-order chi connectivity index (χ0) is 12.8. The summed E-state index contributed by atoms with van der Waals surface area (Å²) in [6.45, 7) is 4.10. The lowest BCUT2D eigenvalue weighted by Gasteiger charge is -2.05. The van der Waals surface area contributed by atoms with Gasteiger partial charge in [0, 0.05) is 29.6 Å². The Bertz CT molecular complexity index is 464. The number of carbonyl (C=O) groups excluding carboxylic acids is 1. The molecule has 0 bridgehead atoms. The van der Waals surface area contributed by atoms with Crippen LogP contribution in [0.4, 0.5) is 0 Å². The van der Waals surface area contributed by atoms with E-state index in [1.807, 2.05) is 29.2 Å². The van der Waals surface area contributed by atoms with E-state index in [0.717, 1.165) is 18.8 Å². The molecular weight excluding hydrogens is 242 g/mol. The number of rotatable bonds is 3. The fourth-order valence-corrected chi connectivity index (χ4v) is 2.56. The Hall–Kier alpha value is -1.40. The van der Waals surface area contributed by atoms with Crippen molar-refractivity contribution >= 4 is 17.5 Å². The third-order valence-electron chi connectivity index (χ3n) is 2.86. The van der Waals surface area contributed by atoms with E-state index in [1.165, 1.54) is 17.7 Å². The van der Waals surface area contributed by atoms with Crippen molar-refractivity contribution < 1.29 is 4.79 Å². The molecule has 1 fully saturated rings. The first-order valence-corrected chi connectivity index (χ1v) is 7.32. The molecule has 2 nitrogen and oxygen atoms in total. The molecule has 0 saturated carbocycles. The Kier molecular flexibility index (Phi) is 4.72. The number of benzene rings is 1. The van der Waals surface area contributed by atoms with Gasteiger partial charge in [-0.2, -0.15) is 0 Å². The van der Waals surface area contributed by atoms with E-state index in [4.69, 9.17) is 0 Å². The van der Waals surface area contributed by atoms with Gasteiger partial charge in [-0.1, -0.05) is 6.92 Å². The molecule has 0 unspecified atom stereocenters. The van der Waals surface area contributed by atoms with Crippen LogP contribution in [0.5, 0.6) is 0 Å². The predicted molar refractivity (Wildman–Crippen MR) is 75.8 cm³/mol. The van der Waals surface area contributed by atoms with Crippen molar-refractivity contribution in [3.8, 4) is 12.0 Å². The van der Waals surface area contributed by atoms with Gasteiger partial charge in [0.1, 0.15) is 0 Å². The minimum absolute atomic E-state index is 0.0880. The topological polar surface area (TPSA) is 20.3 Å². The SMILES string of the molecule is CCSc1ccc(C(=O)C#CN2CCCC2)cc1. The van der Waals surface area contributed by atoms with Gasteiger partial charge in [-0.25, -0.2) is 0 Å². The smallest absolute Gasteiger partial charge is 0.237 e. The van der Waals surface area contributed by atoms with Crippen LogP contribution in [0, 0.1) is 12.0 Å². The Balaban J connectivity index is 1.99. The van der Waals surface area contributed by atoms with Crippen molar-refractivity contribution in [2.24, 2.45) is 0 Å². The van der Waals surface area contributed by atoms with Crippen molar-refractivity contribution in [3.63, 3.8) is 0 Å². The normalized spacial score (nSPS) is 14.2. The van der Waals surface area contributed by atoms with Gasteiger partial charge in [-0.05, 0) is 48.8 Å². The first-order valence-electron chi connectivity index (χ1n) is 6.33. The summed E-state index contributed by atoms with van der Waals surface area (Å²) in [6, 6.07) is 10.6. The van der Waals surface area contributed by atoms with Crippen LogP contribution in [-0.4, -0.2) is 29.5 Å². The maximum Gasteiger partial charge on any atom is 0.237 e. The summed E-state index contributed by atoms with van der Waals surface area (Å²) < 4.78 is 0. The molecule has 94 valence electrons. The number of ketones is 1. The highest BCUT2D eigenvalue weighted by Gasteiger charge is 2.07. The van der Waals surface area contributed by atoms with Crippen molar-refractivity contribution in [2.45, 2.75) is 24.7 Å². The molecule has 1 aliphatic rings. The molecule has 0 radical (unpaired) electrons. The van der Waals surface area contributed by atoms with E-state index in [2.05, 4.69) is 18.9 Å². The van der Waals surface area contributed by atoms with E-state index in [1.54, 1.807) is 11.8 Å². The predicted octanol–water partition coefficient (Wildman–Crippen LogP) is 3.04. The number of nitrogens with zero attached hydrogens (tertiary/aromatic N) is 1. The van der Waals surface area contributed by atoms with Crippen LogP contribution in [0.1, 0.15) is 30.1 Å². The van der Waals surface area contributed by atoms with Gasteiger partial charge in [0.05, 0.1) is 0 Å². The fourth-order valence-electron chi connectivity index (χ4n) is 1.90. The van der Waals surface area contributed by atoms with E-state index in [9.17, 15) is 4.79 Å². The molecule has 3 heteroatoms. The molecule has 0 amide bonds. The molecule has 0 spiro atoms. The fraction of sp³-hybridized carbons (Fsp3) is 0.400. The number of likely N-dealkylation sites (tertiary alicyclic amines) is 1. The summed E-state index contributed by atoms with van der Waals surface area (Å²) in [4.78, 5) is 15.1. The van der Waals surface area contributed by atoms with Crippen LogP contribution in [0.2, 0.25) is 0 Å².